The first kappa shape index (κ1) is 16.2. The Morgan fingerprint density at radius 3 is 2.67 bits per heavy atom. The lowest BCUT2D eigenvalue weighted by Gasteiger charge is -2.38. The Kier molecular flexibility index (Phi) is 4.34. The van der Waals surface area contributed by atoms with Crippen LogP contribution in [0.2, 0.25) is 0 Å². The summed E-state index contributed by atoms with van der Waals surface area (Å²) in [5.41, 5.74) is 1.35. The number of anilines is 1. The van der Waals surface area contributed by atoms with Crippen LogP contribution in [0.3, 0.4) is 0 Å². The zero-order chi connectivity index (χ0) is 17.2. The van der Waals surface area contributed by atoms with Crippen LogP contribution in [0.5, 0.6) is 11.5 Å². The van der Waals surface area contributed by atoms with E-state index in [0.717, 1.165) is 22.7 Å². The maximum Gasteiger partial charge on any atom is 0.319 e. The molecule has 0 radical (unpaired) electrons. The molecule has 0 aliphatic carbocycles. The smallest absolute Gasteiger partial charge is 0.319 e. The SMILES string of the molecule is COc1ccc2c(c1)OC(C)(C)CC2NC(=O)Nc1ccccc1. The molecule has 0 saturated carbocycles. The fourth-order valence-corrected chi connectivity index (χ4v) is 2.93. The van der Waals surface area contributed by atoms with Gasteiger partial charge in [-0.05, 0) is 38.1 Å². The van der Waals surface area contributed by atoms with E-state index in [1.54, 1.807) is 7.11 Å². The Morgan fingerprint density at radius 1 is 1.21 bits per heavy atom. The highest BCUT2D eigenvalue weighted by molar-refractivity contribution is 5.89. The Hall–Kier alpha value is -2.69. The minimum atomic E-state index is -0.371. The van der Waals surface area contributed by atoms with E-state index in [-0.39, 0.29) is 17.7 Å². The van der Waals surface area contributed by atoms with Gasteiger partial charge in [-0.1, -0.05) is 18.2 Å². The van der Waals surface area contributed by atoms with Crippen LogP contribution in [0.15, 0.2) is 48.5 Å². The third-order valence-corrected chi connectivity index (χ3v) is 4.02. The van der Waals surface area contributed by atoms with Gasteiger partial charge in [0.05, 0.1) is 13.2 Å². The molecule has 0 bridgehead atoms. The maximum atomic E-state index is 12.3. The number of para-hydroxylation sites is 1. The van der Waals surface area contributed by atoms with Crippen molar-refractivity contribution < 1.29 is 14.3 Å². The van der Waals surface area contributed by atoms with Crippen LogP contribution < -0.4 is 20.1 Å². The van der Waals surface area contributed by atoms with Crippen molar-refractivity contribution in [3.05, 3.63) is 54.1 Å². The number of carbonyl (C=O) groups excluding carboxylic acids is 1. The van der Waals surface area contributed by atoms with Crippen molar-refractivity contribution in [2.24, 2.45) is 0 Å². The van der Waals surface area contributed by atoms with E-state index < -0.39 is 0 Å². The summed E-state index contributed by atoms with van der Waals surface area (Å²) in [6, 6.07) is 14.7. The number of benzene rings is 2. The Balaban J connectivity index is 1.79. The molecule has 5 heteroatoms. The number of hydrogen-bond acceptors (Lipinski definition) is 3. The van der Waals surface area contributed by atoms with Crippen LogP contribution >= 0.6 is 0 Å². The van der Waals surface area contributed by atoms with Crippen molar-refractivity contribution in [1.29, 1.82) is 0 Å². The van der Waals surface area contributed by atoms with Gasteiger partial charge in [-0.3, -0.25) is 0 Å². The lowest BCUT2D eigenvalue weighted by Crippen LogP contribution is -2.42. The number of fused-ring (bicyclic) bond motifs is 1. The van der Waals surface area contributed by atoms with E-state index in [0.29, 0.717) is 6.42 Å². The standard InChI is InChI=1S/C19H22N2O3/c1-19(2)12-16(15-10-9-14(23-3)11-17(15)24-19)21-18(22)20-13-7-5-4-6-8-13/h4-11,16H,12H2,1-3H3,(H2,20,21,22). The highest BCUT2D eigenvalue weighted by Gasteiger charge is 2.34. The summed E-state index contributed by atoms with van der Waals surface area (Å²) in [7, 11) is 1.62. The minimum Gasteiger partial charge on any atom is -0.497 e. The lowest BCUT2D eigenvalue weighted by atomic mass is 9.89. The highest BCUT2D eigenvalue weighted by atomic mass is 16.5. The van der Waals surface area contributed by atoms with Crippen LogP contribution in [0, 0.1) is 0 Å². The predicted molar refractivity (Wildman–Crippen MR) is 93.7 cm³/mol. The van der Waals surface area contributed by atoms with Crippen molar-refractivity contribution in [2.45, 2.75) is 31.9 Å². The van der Waals surface area contributed by atoms with Crippen LogP contribution in [-0.2, 0) is 0 Å². The lowest BCUT2D eigenvalue weighted by molar-refractivity contribution is 0.0679. The number of carbonyl (C=O) groups is 1. The Morgan fingerprint density at radius 2 is 1.96 bits per heavy atom. The van der Waals surface area contributed by atoms with Gasteiger partial charge in [0, 0.05) is 23.7 Å². The summed E-state index contributed by atoms with van der Waals surface area (Å²) >= 11 is 0. The van der Waals surface area contributed by atoms with Gasteiger partial charge < -0.3 is 20.1 Å². The molecule has 0 saturated heterocycles. The molecule has 1 atom stereocenters. The number of nitrogens with one attached hydrogen (secondary N) is 2. The molecule has 1 heterocycles. The molecule has 0 spiro atoms. The van der Waals surface area contributed by atoms with Gasteiger partial charge in [0.1, 0.15) is 17.1 Å². The average Bonchev–Trinajstić information content (AvgIpc) is 2.54. The van der Waals surface area contributed by atoms with Crippen LogP contribution in [-0.4, -0.2) is 18.7 Å². The second-order valence-corrected chi connectivity index (χ2v) is 6.49. The van der Waals surface area contributed by atoms with Crippen molar-refractivity contribution >= 4 is 11.7 Å². The molecule has 2 aromatic carbocycles. The maximum absolute atomic E-state index is 12.3. The molecule has 2 amide bonds. The van der Waals surface area contributed by atoms with E-state index in [2.05, 4.69) is 10.6 Å². The van der Waals surface area contributed by atoms with E-state index in [1.807, 2.05) is 62.4 Å². The monoisotopic (exact) mass is 326 g/mol. The van der Waals surface area contributed by atoms with Crippen molar-refractivity contribution in [3.63, 3.8) is 0 Å². The van der Waals surface area contributed by atoms with Crippen molar-refractivity contribution in [1.82, 2.24) is 5.32 Å². The number of ether oxygens (including phenoxy) is 2. The predicted octanol–water partition coefficient (Wildman–Crippen LogP) is 4.12. The van der Waals surface area contributed by atoms with Crippen LogP contribution in [0.1, 0.15) is 31.9 Å². The van der Waals surface area contributed by atoms with Gasteiger partial charge in [-0.2, -0.15) is 0 Å². The van der Waals surface area contributed by atoms with Crippen molar-refractivity contribution in [2.75, 3.05) is 12.4 Å². The van der Waals surface area contributed by atoms with Gasteiger partial charge in [0.25, 0.3) is 0 Å². The minimum absolute atomic E-state index is 0.127. The van der Waals surface area contributed by atoms with E-state index >= 15 is 0 Å². The molecule has 3 rings (SSSR count). The number of amides is 2. The van der Waals surface area contributed by atoms with E-state index in [1.165, 1.54) is 0 Å². The topological polar surface area (TPSA) is 59.6 Å². The zero-order valence-corrected chi connectivity index (χ0v) is 14.1. The molecular formula is C19H22N2O3. The third kappa shape index (κ3) is 3.62. The summed E-state index contributed by atoms with van der Waals surface area (Å²) in [5, 5.41) is 5.90. The first-order chi connectivity index (χ1) is 11.5. The average molecular weight is 326 g/mol. The summed E-state index contributed by atoms with van der Waals surface area (Å²) in [6.45, 7) is 4.03. The molecule has 1 aliphatic heterocycles. The van der Waals surface area contributed by atoms with Crippen LogP contribution in [0.4, 0.5) is 10.5 Å². The molecule has 2 N–H and O–H groups in total. The molecule has 1 aliphatic rings. The number of rotatable bonds is 3. The fourth-order valence-electron chi connectivity index (χ4n) is 2.93. The second-order valence-electron chi connectivity index (χ2n) is 6.49. The summed E-state index contributed by atoms with van der Waals surface area (Å²) in [6.07, 6.45) is 0.689. The number of methoxy groups -OCH3 is 1. The van der Waals surface area contributed by atoms with Gasteiger partial charge in [0.15, 0.2) is 0 Å². The Bertz CT molecular complexity index is 729. The summed E-state index contributed by atoms with van der Waals surface area (Å²) in [5.74, 6) is 1.48. The molecular weight excluding hydrogens is 304 g/mol. The normalized spacial score (nSPS) is 18.0. The zero-order valence-electron chi connectivity index (χ0n) is 14.1. The first-order valence-electron chi connectivity index (χ1n) is 7.96. The van der Waals surface area contributed by atoms with Gasteiger partial charge >= 0.3 is 6.03 Å². The molecule has 1 unspecified atom stereocenters. The Labute approximate surface area is 142 Å². The fraction of sp³-hybridized carbons (Fsp3) is 0.316. The van der Waals surface area contributed by atoms with Gasteiger partial charge in [0.2, 0.25) is 0 Å². The molecule has 0 fully saturated rings. The van der Waals surface area contributed by atoms with E-state index in [9.17, 15) is 4.79 Å². The van der Waals surface area contributed by atoms with Crippen LogP contribution in [0.25, 0.3) is 0 Å². The summed E-state index contributed by atoms with van der Waals surface area (Å²) < 4.78 is 11.3. The molecule has 126 valence electrons. The first-order valence-corrected chi connectivity index (χ1v) is 7.96. The quantitative estimate of drug-likeness (QED) is 0.892. The molecule has 2 aromatic rings. The van der Waals surface area contributed by atoms with Gasteiger partial charge in [-0.15, -0.1) is 0 Å². The summed E-state index contributed by atoms with van der Waals surface area (Å²) in [4.78, 5) is 12.3. The molecule has 0 aromatic heterocycles. The highest BCUT2D eigenvalue weighted by Crippen LogP contribution is 2.41. The van der Waals surface area contributed by atoms with E-state index in [4.69, 9.17) is 9.47 Å². The largest absolute Gasteiger partial charge is 0.497 e. The number of urea groups is 1. The van der Waals surface area contributed by atoms with Crippen molar-refractivity contribution in [3.8, 4) is 11.5 Å². The third-order valence-electron chi connectivity index (χ3n) is 4.02. The second kappa shape index (κ2) is 6.43. The molecule has 24 heavy (non-hydrogen) atoms. The van der Waals surface area contributed by atoms with Gasteiger partial charge in [-0.25, -0.2) is 4.79 Å². The molecule has 5 nitrogen and oxygen atoms in total. The number of hydrogen-bond donors (Lipinski definition) is 2.